The number of aldehydes is 2. The van der Waals surface area contributed by atoms with E-state index < -0.39 is 5.41 Å². The second kappa shape index (κ2) is 5.39. The first-order chi connectivity index (χ1) is 10.8. The van der Waals surface area contributed by atoms with E-state index in [4.69, 9.17) is 0 Å². The van der Waals surface area contributed by atoms with E-state index >= 15 is 0 Å². The molecule has 0 bridgehead atoms. The van der Waals surface area contributed by atoms with Crippen molar-refractivity contribution in [3.05, 3.63) is 11.6 Å². The van der Waals surface area contributed by atoms with Gasteiger partial charge in [-0.2, -0.15) is 0 Å². The summed E-state index contributed by atoms with van der Waals surface area (Å²) in [6, 6.07) is 0. The zero-order valence-electron chi connectivity index (χ0n) is 14.6. The Kier molecular flexibility index (Phi) is 3.89. The third-order valence-corrected chi connectivity index (χ3v) is 7.40. The topological polar surface area (TPSA) is 51.2 Å². The van der Waals surface area contributed by atoms with Crippen LogP contribution in [0.4, 0.5) is 0 Å². The van der Waals surface area contributed by atoms with Gasteiger partial charge in [-0.05, 0) is 72.8 Å². The van der Waals surface area contributed by atoms with E-state index in [0.29, 0.717) is 24.3 Å². The number of carbonyl (C=O) groups excluding carboxylic acids is 3. The molecule has 2 saturated carbocycles. The molecule has 23 heavy (non-hydrogen) atoms. The lowest BCUT2D eigenvalue weighted by Crippen LogP contribution is -2.58. The molecule has 3 heteroatoms. The molecule has 3 nitrogen and oxygen atoms in total. The summed E-state index contributed by atoms with van der Waals surface area (Å²) in [5, 5.41) is 0. The average Bonchev–Trinajstić information content (AvgIpc) is 2.64. The van der Waals surface area contributed by atoms with Crippen LogP contribution in [0.25, 0.3) is 0 Å². The molecular formula is C20H28O3. The Hall–Kier alpha value is -1.25. The summed E-state index contributed by atoms with van der Waals surface area (Å²) in [6.45, 7) is 6.99. The molecule has 0 spiro atoms. The molecule has 0 saturated heterocycles. The van der Waals surface area contributed by atoms with E-state index in [9.17, 15) is 14.4 Å². The Morgan fingerprint density at radius 1 is 1.04 bits per heavy atom. The third kappa shape index (κ3) is 2.27. The minimum absolute atomic E-state index is 0.0166. The highest BCUT2D eigenvalue weighted by atomic mass is 16.1. The van der Waals surface area contributed by atoms with Gasteiger partial charge in [0.15, 0.2) is 5.78 Å². The summed E-state index contributed by atoms with van der Waals surface area (Å²) < 4.78 is 0. The van der Waals surface area contributed by atoms with Crippen LogP contribution in [-0.2, 0) is 14.4 Å². The van der Waals surface area contributed by atoms with E-state index in [1.54, 1.807) is 0 Å². The van der Waals surface area contributed by atoms with Crippen LogP contribution >= 0.6 is 0 Å². The number of rotatable bonds is 2. The lowest BCUT2D eigenvalue weighted by atomic mass is 9.42. The van der Waals surface area contributed by atoms with Crippen molar-refractivity contribution in [2.45, 2.75) is 65.7 Å². The van der Waals surface area contributed by atoms with Crippen molar-refractivity contribution in [1.82, 2.24) is 0 Å². The van der Waals surface area contributed by atoms with Crippen LogP contribution in [0.5, 0.6) is 0 Å². The second-order valence-corrected chi connectivity index (χ2v) is 8.89. The maximum absolute atomic E-state index is 12.9. The highest BCUT2D eigenvalue weighted by Gasteiger charge is 2.61. The lowest BCUT2D eigenvalue weighted by molar-refractivity contribution is -0.161. The molecule has 2 fully saturated rings. The van der Waals surface area contributed by atoms with Crippen molar-refractivity contribution < 1.29 is 14.4 Å². The van der Waals surface area contributed by atoms with Gasteiger partial charge >= 0.3 is 0 Å². The van der Waals surface area contributed by atoms with Crippen molar-refractivity contribution >= 4 is 18.4 Å². The predicted molar refractivity (Wildman–Crippen MR) is 88.8 cm³/mol. The molecule has 2 unspecified atom stereocenters. The zero-order chi connectivity index (χ0) is 16.9. The molecule has 0 aliphatic heterocycles. The minimum atomic E-state index is -0.899. The highest BCUT2D eigenvalue weighted by Crippen LogP contribution is 2.65. The minimum Gasteiger partial charge on any atom is -0.302 e. The molecular weight excluding hydrogens is 288 g/mol. The monoisotopic (exact) mass is 316 g/mol. The van der Waals surface area contributed by atoms with Gasteiger partial charge in [0.25, 0.3) is 0 Å². The predicted octanol–water partition coefficient (Wildman–Crippen LogP) is 3.90. The molecule has 0 N–H and O–H groups in total. The number of ketones is 1. The summed E-state index contributed by atoms with van der Waals surface area (Å²) in [5.41, 5.74) is -0.0642. The Morgan fingerprint density at radius 3 is 2.43 bits per heavy atom. The van der Waals surface area contributed by atoms with Gasteiger partial charge < -0.3 is 4.79 Å². The fourth-order valence-corrected chi connectivity index (χ4v) is 6.31. The normalized spacial score (nSPS) is 42.7. The molecule has 4 atom stereocenters. The lowest BCUT2D eigenvalue weighted by Gasteiger charge is -2.61. The smallest absolute Gasteiger partial charge is 0.169 e. The zero-order valence-corrected chi connectivity index (χ0v) is 14.6. The van der Waals surface area contributed by atoms with Crippen molar-refractivity contribution in [1.29, 1.82) is 0 Å². The van der Waals surface area contributed by atoms with Gasteiger partial charge in [-0.1, -0.05) is 27.2 Å². The number of carbonyl (C=O) groups is 3. The molecule has 0 heterocycles. The van der Waals surface area contributed by atoms with Crippen LogP contribution in [0.15, 0.2) is 11.6 Å². The Morgan fingerprint density at radius 2 is 1.78 bits per heavy atom. The number of hydrogen-bond donors (Lipinski definition) is 0. The van der Waals surface area contributed by atoms with Gasteiger partial charge in [-0.15, -0.1) is 0 Å². The van der Waals surface area contributed by atoms with E-state index in [2.05, 4.69) is 20.8 Å². The van der Waals surface area contributed by atoms with Crippen molar-refractivity contribution in [2.24, 2.45) is 28.1 Å². The quantitative estimate of drug-likeness (QED) is 0.573. The van der Waals surface area contributed by atoms with Crippen LogP contribution in [0.1, 0.15) is 65.7 Å². The molecule has 3 aliphatic carbocycles. The molecule has 0 amide bonds. The van der Waals surface area contributed by atoms with E-state index in [1.807, 2.05) is 0 Å². The van der Waals surface area contributed by atoms with Crippen LogP contribution in [0.2, 0.25) is 0 Å². The standard InChI is InChI=1S/C20H28O3/c1-18(2)8-4-9-19(3)15(18)7-10-20(13-22)16(19)6-5-14(12-21)11-17(20)23/h11-13,15-16H,4-10H2,1-3H3/t15?,16?,19-,20-/m0/s1. The maximum Gasteiger partial charge on any atom is 0.169 e. The molecule has 0 aromatic heterocycles. The molecule has 0 radical (unpaired) electrons. The summed E-state index contributed by atoms with van der Waals surface area (Å²) in [5.74, 6) is 0.486. The van der Waals surface area contributed by atoms with Gasteiger partial charge in [0.2, 0.25) is 0 Å². The van der Waals surface area contributed by atoms with E-state index in [0.717, 1.165) is 38.3 Å². The van der Waals surface area contributed by atoms with Crippen molar-refractivity contribution in [3.8, 4) is 0 Å². The molecule has 0 aromatic carbocycles. The van der Waals surface area contributed by atoms with Gasteiger partial charge in [0, 0.05) is 0 Å². The van der Waals surface area contributed by atoms with Crippen LogP contribution < -0.4 is 0 Å². The summed E-state index contributed by atoms with van der Waals surface area (Å²) in [4.78, 5) is 36.2. The van der Waals surface area contributed by atoms with Crippen LogP contribution in [-0.4, -0.2) is 18.4 Å². The summed E-state index contributed by atoms with van der Waals surface area (Å²) >= 11 is 0. The fraction of sp³-hybridized carbons (Fsp3) is 0.750. The third-order valence-electron chi connectivity index (χ3n) is 7.40. The largest absolute Gasteiger partial charge is 0.302 e. The van der Waals surface area contributed by atoms with Gasteiger partial charge in [-0.25, -0.2) is 0 Å². The SMILES string of the molecule is CC1(C)CCC[C@@]2(C)C1CC[C@@]1(C=O)C(=O)C=C(C=O)CCC21. The number of allylic oxidation sites excluding steroid dienone is 2. The number of fused-ring (bicyclic) bond motifs is 3. The van der Waals surface area contributed by atoms with Gasteiger partial charge in [0.05, 0.1) is 5.41 Å². The molecule has 0 aromatic rings. The van der Waals surface area contributed by atoms with Gasteiger partial charge in [0.1, 0.15) is 12.6 Å². The average molecular weight is 316 g/mol. The molecule has 126 valence electrons. The fourth-order valence-electron chi connectivity index (χ4n) is 6.31. The van der Waals surface area contributed by atoms with Crippen molar-refractivity contribution in [3.63, 3.8) is 0 Å². The number of hydrogen-bond acceptors (Lipinski definition) is 3. The first-order valence-corrected chi connectivity index (χ1v) is 8.97. The Labute approximate surface area is 138 Å². The Bertz CT molecular complexity index is 573. The molecule has 3 aliphatic rings. The van der Waals surface area contributed by atoms with Gasteiger partial charge in [-0.3, -0.25) is 9.59 Å². The second-order valence-electron chi connectivity index (χ2n) is 8.89. The molecule has 3 rings (SSSR count). The first kappa shape index (κ1) is 16.6. The van der Waals surface area contributed by atoms with Crippen LogP contribution in [0.3, 0.4) is 0 Å². The maximum atomic E-state index is 12.9. The summed E-state index contributed by atoms with van der Waals surface area (Å²) in [7, 11) is 0. The first-order valence-electron chi connectivity index (χ1n) is 8.97. The Balaban J connectivity index is 2.08. The summed E-state index contributed by atoms with van der Waals surface area (Å²) in [6.07, 6.45) is 9.63. The highest BCUT2D eigenvalue weighted by molar-refractivity contribution is 6.08. The van der Waals surface area contributed by atoms with Crippen molar-refractivity contribution in [2.75, 3.05) is 0 Å². The van der Waals surface area contributed by atoms with E-state index in [-0.39, 0.29) is 22.5 Å². The van der Waals surface area contributed by atoms with E-state index in [1.165, 1.54) is 12.5 Å². The van der Waals surface area contributed by atoms with Crippen LogP contribution in [0, 0.1) is 28.1 Å².